The summed E-state index contributed by atoms with van der Waals surface area (Å²) in [6.07, 6.45) is 0. The van der Waals surface area contributed by atoms with Gasteiger partial charge in [-0.2, -0.15) is 0 Å². The first-order valence-corrected chi connectivity index (χ1v) is 3.77. The Kier molecular flexibility index (Phi) is 1.55. The Balaban J connectivity index is 2.68. The van der Waals surface area contributed by atoms with Crippen molar-refractivity contribution < 1.29 is 14.3 Å². The van der Waals surface area contributed by atoms with E-state index in [-0.39, 0.29) is 5.89 Å². The highest BCUT2D eigenvalue weighted by atomic mass is 16.4. The van der Waals surface area contributed by atoms with Crippen LogP contribution in [0.15, 0.2) is 22.6 Å². The van der Waals surface area contributed by atoms with E-state index in [4.69, 9.17) is 9.52 Å². The Hall–Kier alpha value is -1.84. The molecule has 0 aliphatic heterocycles. The number of carboxylic acids is 1. The molecule has 0 amide bonds. The van der Waals surface area contributed by atoms with E-state index in [0.717, 1.165) is 5.56 Å². The van der Waals surface area contributed by atoms with Gasteiger partial charge in [-0.3, -0.25) is 0 Å². The molecule has 0 saturated heterocycles. The molecule has 0 radical (unpaired) electrons. The van der Waals surface area contributed by atoms with E-state index in [9.17, 15) is 4.79 Å². The van der Waals surface area contributed by atoms with Crippen molar-refractivity contribution in [2.24, 2.45) is 0 Å². The number of rotatable bonds is 1. The van der Waals surface area contributed by atoms with Crippen molar-refractivity contribution in [2.45, 2.75) is 6.92 Å². The average molecular weight is 177 g/mol. The number of aromatic nitrogens is 1. The van der Waals surface area contributed by atoms with Crippen LogP contribution in [0.2, 0.25) is 0 Å². The van der Waals surface area contributed by atoms with Crippen LogP contribution in [0, 0.1) is 6.92 Å². The molecule has 1 aromatic heterocycles. The van der Waals surface area contributed by atoms with Gasteiger partial charge in [0.1, 0.15) is 5.52 Å². The smallest absolute Gasteiger partial charge is 0.392 e. The lowest BCUT2D eigenvalue weighted by Gasteiger charge is -1.87. The Morgan fingerprint density at radius 1 is 1.54 bits per heavy atom. The van der Waals surface area contributed by atoms with E-state index in [2.05, 4.69) is 4.98 Å². The molecule has 0 spiro atoms. The fourth-order valence-electron chi connectivity index (χ4n) is 1.13. The molecular formula is C9H7NO3. The van der Waals surface area contributed by atoms with Crippen molar-refractivity contribution in [2.75, 3.05) is 0 Å². The quantitative estimate of drug-likeness (QED) is 0.721. The third-order valence-electron chi connectivity index (χ3n) is 1.73. The SMILES string of the molecule is Cc1ccc2oc(C(=O)O)nc2c1. The van der Waals surface area contributed by atoms with Crippen LogP contribution in [0.1, 0.15) is 16.2 Å². The summed E-state index contributed by atoms with van der Waals surface area (Å²) < 4.78 is 4.97. The van der Waals surface area contributed by atoms with Gasteiger partial charge in [0.05, 0.1) is 0 Å². The molecule has 66 valence electrons. The second-order valence-electron chi connectivity index (χ2n) is 2.80. The largest absolute Gasteiger partial charge is 0.474 e. The second kappa shape index (κ2) is 2.58. The van der Waals surface area contributed by atoms with E-state index in [1.165, 1.54) is 0 Å². The monoisotopic (exact) mass is 177 g/mol. The third-order valence-corrected chi connectivity index (χ3v) is 1.73. The van der Waals surface area contributed by atoms with Gasteiger partial charge in [-0.25, -0.2) is 9.78 Å². The summed E-state index contributed by atoms with van der Waals surface area (Å²) in [5, 5.41) is 8.60. The molecule has 13 heavy (non-hydrogen) atoms. The molecule has 0 aliphatic carbocycles. The number of aryl methyl sites for hydroxylation is 1. The van der Waals surface area contributed by atoms with Crippen LogP contribution in [0.25, 0.3) is 11.1 Å². The molecule has 0 saturated carbocycles. The summed E-state index contributed by atoms with van der Waals surface area (Å²) in [4.78, 5) is 14.3. The van der Waals surface area contributed by atoms with Gasteiger partial charge in [0.15, 0.2) is 5.58 Å². The van der Waals surface area contributed by atoms with E-state index < -0.39 is 5.97 Å². The van der Waals surface area contributed by atoms with Crippen molar-refractivity contribution >= 4 is 17.1 Å². The summed E-state index contributed by atoms with van der Waals surface area (Å²) in [7, 11) is 0. The Bertz CT molecular complexity index is 473. The van der Waals surface area contributed by atoms with Gasteiger partial charge < -0.3 is 9.52 Å². The second-order valence-corrected chi connectivity index (χ2v) is 2.80. The zero-order valence-corrected chi connectivity index (χ0v) is 6.94. The number of carboxylic acid groups (broad SMARTS) is 1. The minimum atomic E-state index is -1.14. The number of benzene rings is 1. The van der Waals surface area contributed by atoms with Crippen LogP contribution >= 0.6 is 0 Å². The van der Waals surface area contributed by atoms with Gasteiger partial charge >= 0.3 is 11.9 Å². The lowest BCUT2D eigenvalue weighted by Crippen LogP contribution is -1.94. The molecule has 0 aliphatic rings. The van der Waals surface area contributed by atoms with Gasteiger partial charge in [-0.05, 0) is 24.6 Å². The van der Waals surface area contributed by atoms with E-state index in [0.29, 0.717) is 11.1 Å². The number of nitrogens with zero attached hydrogens (tertiary/aromatic N) is 1. The summed E-state index contributed by atoms with van der Waals surface area (Å²) in [5.74, 6) is -1.41. The minimum absolute atomic E-state index is 0.263. The molecule has 1 aromatic carbocycles. The minimum Gasteiger partial charge on any atom is -0.474 e. The van der Waals surface area contributed by atoms with Crippen molar-refractivity contribution in [3.8, 4) is 0 Å². The van der Waals surface area contributed by atoms with Crippen LogP contribution in [-0.2, 0) is 0 Å². The number of fused-ring (bicyclic) bond motifs is 1. The lowest BCUT2D eigenvalue weighted by molar-refractivity contribution is 0.0656. The summed E-state index contributed by atoms with van der Waals surface area (Å²) >= 11 is 0. The summed E-state index contributed by atoms with van der Waals surface area (Å²) in [6.45, 7) is 1.91. The molecule has 4 heteroatoms. The molecule has 2 aromatic rings. The van der Waals surface area contributed by atoms with Crippen LogP contribution in [-0.4, -0.2) is 16.1 Å². The number of hydrogen-bond acceptors (Lipinski definition) is 3. The fourth-order valence-corrected chi connectivity index (χ4v) is 1.13. The maximum atomic E-state index is 10.5. The molecule has 0 atom stereocenters. The molecule has 0 bridgehead atoms. The molecule has 4 nitrogen and oxygen atoms in total. The first-order chi connectivity index (χ1) is 6.16. The highest BCUT2D eigenvalue weighted by Crippen LogP contribution is 2.16. The van der Waals surface area contributed by atoms with Gasteiger partial charge in [-0.1, -0.05) is 6.07 Å². The maximum absolute atomic E-state index is 10.5. The number of carbonyl (C=O) groups is 1. The lowest BCUT2D eigenvalue weighted by atomic mass is 10.2. The molecule has 2 rings (SSSR count). The number of aromatic carboxylic acids is 1. The Morgan fingerprint density at radius 3 is 3.00 bits per heavy atom. The van der Waals surface area contributed by atoms with Crippen LogP contribution in [0.5, 0.6) is 0 Å². The van der Waals surface area contributed by atoms with Gasteiger partial charge in [0.2, 0.25) is 0 Å². The normalized spacial score (nSPS) is 10.5. The molecule has 0 fully saturated rings. The van der Waals surface area contributed by atoms with Crippen molar-refractivity contribution in [1.29, 1.82) is 0 Å². The predicted molar refractivity (Wildman–Crippen MR) is 45.7 cm³/mol. The fraction of sp³-hybridized carbons (Fsp3) is 0.111. The van der Waals surface area contributed by atoms with Gasteiger partial charge in [0.25, 0.3) is 0 Å². The van der Waals surface area contributed by atoms with Crippen LogP contribution in [0.3, 0.4) is 0 Å². The third kappa shape index (κ3) is 1.26. The van der Waals surface area contributed by atoms with E-state index in [1.54, 1.807) is 12.1 Å². The molecule has 1 heterocycles. The maximum Gasteiger partial charge on any atom is 0.392 e. The highest BCUT2D eigenvalue weighted by molar-refractivity contribution is 5.86. The zero-order chi connectivity index (χ0) is 9.42. The number of oxazole rings is 1. The topological polar surface area (TPSA) is 63.3 Å². The Morgan fingerprint density at radius 2 is 2.31 bits per heavy atom. The standard InChI is InChI=1S/C9H7NO3/c1-5-2-3-7-6(4-5)10-8(13-7)9(11)12/h2-4H,1H3,(H,11,12). The predicted octanol–water partition coefficient (Wildman–Crippen LogP) is 1.83. The van der Waals surface area contributed by atoms with Gasteiger partial charge in [-0.15, -0.1) is 0 Å². The van der Waals surface area contributed by atoms with Crippen LogP contribution in [0.4, 0.5) is 0 Å². The summed E-state index contributed by atoms with van der Waals surface area (Å²) in [6, 6.07) is 5.34. The molecular weight excluding hydrogens is 170 g/mol. The van der Waals surface area contributed by atoms with E-state index >= 15 is 0 Å². The molecule has 0 unspecified atom stereocenters. The first-order valence-electron chi connectivity index (χ1n) is 3.77. The van der Waals surface area contributed by atoms with Gasteiger partial charge in [0, 0.05) is 0 Å². The van der Waals surface area contributed by atoms with Crippen molar-refractivity contribution in [3.05, 3.63) is 29.7 Å². The highest BCUT2D eigenvalue weighted by Gasteiger charge is 2.11. The first kappa shape index (κ1) is 7.79. The average Bonchev–Trinajstić information content (AvgIpc) is 2.46. The Labute approximate surface area is 73.8 Å². The van der Waals surface area contributed by atoms with Crippen LogP contribution < -0.4 is 0 Å². The van der Waals surface area contributed by atoms with Crippen molar-refractivity contribution in [3.63, 3.8) is 0 Å². The molecule has 1 N–H and O–H groups in total. The summed E-state index contributed by atoms with van der Waals surface area (Å²) in [5.41, 5.74) is 2.11. The van der Waals surface area contributed by atoms with E-state index in [1.807, 2.05) is 13.0 Å². The van der Waals surface area contributed by atoms with Crippen molar-refractivity contribution in [1.82, 2.24) is 4.98 Å². The zero-order valence-electron chi connectivity index (χ0n) is 6.94. The number of hydrogen-bond donors (Lipinski definition) is 1.